The Morgan fingerprint density at radius 1 is 1.17 bits per heavy atom. The van der Waals surface area contributed by atoms with Gasteiger partial charge in [-0.2, -0.15) is 41.4 Å². The molecule has 1 amide bonds. The summed E-state index contributed by atoms with van der Waals surface area (Å²) in [6, 6.07) is 6.36. The third kappa shape index (κ3) is 5.11. The summed E-state index contributed by atoms with van der Waals surface area (Å²) in [5.41, 5.74) is -1.51. The van der Waals surface area contributed by atoms with Crippen LogP contribution in [-0.4, -0.2) is 31.8 Å². The van der Waals surface area contributed by atoms with Crippen molar-refractivity contribution in [1.29, 1.82) is 5.26 Å². The van der Waals surface area contributed by atoms with Gasteiger partial charge in [-0.25, -0.2) is 9.97 Å². The molecule has 13 heteroatoms. The molecule has 0 bridgehead atoms. The molecule has 1 saturated carbocycles. The molecule has 0 radical (unpaired) electrons. The highest BCUT2D eigenvalue weighted by Gasteiger charge is 2.56. The van der Waals surface area contributed by atoms with Gasteiger partial charge in [-0.15, -0.1) is 0 Å². The lowest BCUT2D eigenvalue weighted by atomic mass is 10.0. The Balaban J connectivity index is 1.59. The second-order valence-electron chi connectivity index (χ2n) is 8.07. The van der Waals surface area contributed by atoms with E-state index in [1.54, 1.807) is 0 Å². The number of rotatable bonds is 5. The molecule has 4 rings (SSSR count). The summed E-state index contributed by atoms with van der Waals surface area (Å²) >= 11 is 0. The van der Waals surface area contributed by atoms with Gasteiger partial charge >= 0.3 is 12.4 Å². The van der Waals surface area contributed by atoms with E-state index in [2.05, 4.69) is 20.4 Å². The molecule has 1 aliphatic carbocycles. The predicted molar refractivity (Wildman–Crippen MR) is 108 cm³/mol. The third-order valence-corrected chi connectivity index (χ3v) is 5.59. The second-order valence-corrected chi connectivity index (χ2v) is 8.07. The summed E-state index contributed by atoms with van der Waals surface area (Å²) < 4.78 is 80.4. The highest BCUT2D eigenvalue weighted by molar-refractivity contribution is 5.95. The van der Waals surface area contributed by atoms with Crippen LogP contribution in [0.2, 0.25) is 0 Å². The molecule has 0 saturated heterocycles. The Labute approximate surface area is 194 Å². The maximum Gasteiger partial charge on any atom is 0.416 e. The zero-order valence-corrected chi connectivity index (χ0v) is 17.9. The molecule has 0 spiro atoms. The van der Waals surface area contributed by atoms with Crippen molar-refractivity contribution in [2.75, 3.05) is 0 Å². The van der Waals surface area contributed by atoms with Crippen LogP contribution in [0, 0.1) is 17.2 Å². The number of nitrogens with zero attached hydrogens (tertiary/aromatic N) is 5. The van der Waals surface area contributed by atoms with Gasteiger partial charge < -0.3 is 5.32 Å². The van der Waals surface area contributed by atoms with E-state index in [1.807, 2.05) is 6.07 Å². The van der Waals surface area contributed by atoms with E-state index in [9.17, 15) is 31.1 Å². The average Bonchev–Trinajstić information content (AvgIpc) is 3.48. The molecule has 1 N–H and O–H groups in total. The van der Waals surface area contributed by atoms with E-state index < -0.39 is 47.3 Å². The summed E-state index contributed by atoms with van der Waals surface area (Å²) in [6.07, 6.45) is -7.21. The maximum atomic E-state index is 13.4. The highest BCUT2D eigenvalue weighted by Crippen LogP contribution is 2.56. The van der Waals surface area contributed by atoms with Gasteiger partial charge in [0.2, 0.25) is 0 Å². The first-order valence-corrected chi connectivity index (χ1v) is 10.2. The number of alkyl halides is 6. The van der Waals surface area contributed by atoms with E-state index in [-0.39, 0.29) is 23.6 Å². The first kappa shape index (κ1) is 24.2. The molecule has 1 fully saturated rings. The van der Waals surface area contributed by atoms with Crippen molar-refractivity contribution in [3.63, 3.8) is 0 Å². The molecule has 1 aliphatic rings. The summed E-state index contributed by atoms with van der Waals surface area (Å²) in [4.78, 5) is 21.0. The van der Waals surface area contributed by atoms with E-state index in [1.165, 1.54) is 36.3 Å². The van der Waals surface area contributed by atoms with Crippen molar-refractivity contribution < 1.29 is 31.1 Å². The largest absolute Gasteiger partial charge is 0.416 e. The van der Waals surface area contributed by atoms with Crippen LogP contribution in [0.3, 0.4) is 0 Å². The number of nitrogens with one attached hydrogen (secondary N) is 1. The number of hydrogen-bond acceptors (Lipinski definition) is 5. The first-order chi connectivity index (χ1) is 16.4. The molecule has 3 aromatic rings. The lowest BCUT2D eigenvalue weighted by Gasteiger charge is -2.16. The Bertz CT molecular complexity index is 1290. The lowest BCUT2D eigenvalue weighted by molar-refractivity contribution is -0.148. The van der Waals surface area contributed by atoms with Crippen molar-refractivity contribution in [3.8, 4) is 11.9 Å². The van der Waals surface area contributed by atoms with Crippen LogP contribution in [0.4, 0.5) is 26.3 Å². The summed E-state index contributed by atoms with van der Waals surface area (Å²) in [7, 11) is 0. The van der Waals surface area contributed by atoms with Gasteiger partial charge in [0.05, 0.1) is 23.1 Å². The minimum Gasteiger partial charge on any atom is -0.342 e. The van der Waals surface area contributed by atoms with E-state index in [0.29, 0.717) is 17.7 Å². The average molecular weight is 494 g/mol. The highest BCUT2D eigenvalue weighted by atomic mass is 19.4. The lowest BCUT2D eigenvalue weighted by Crippen LogP contribution is -2.29. The monoisotopic (exact) mass is 494 g/mol. The predicted octanol–water partition coefficient (Wildman–Crippen LogP) is 4.71. The van der Waals surface area contributed by atoms with Crippen molar-refractivity contribution >= 4 is 5.91 Å². The van der Waals surface area contributed by atoms with Crippen LogP contribution in [0.1, 0.15) is 58.2 Å². The maximum absolute atomic E-state index is 13.4. The topological polar surface area (TPSA) is 96.5 Å². The molecular formula is C22H16F6N6O. The Morgan fingerprint density at radius 2 is 1.91 bits per heavy atom. The zero-order valence-electron chi connectivity index (χ0n) is 17.9. The summed E-state index contributed by atoms with van der Waals surface area (Å²) in [5.74, 6) is -3.31. The number of aromatic nitrogens is 4. The van der Waals surface area contributed by atoms with Crippen LogP contribution in [0.15, 0.2) is 42.9 Å². The number of benzene rings is 1. The smallest absolute Gasteiger partial charge is 0.342 e. The van der Waals surface area contributed by atoms with Crippen LogP contribution in [0.25, 0.3) is 5.82 Å². The van der Waals surface area contributed by atoms with Crippen LogP contribution in [0.5, 0.6) is 0 Å². The Kier molecular flexibility index (Phi) is 6.00. The molecule has 7 nitrogen and oxygen atoms in total. The SMILES string of the molecule is CC(NC(=O)c1cc(C2CC2C(F)(F)F)cc(C(F)(F)F)c1)c1ncnn1-c1ccc(C#N)cn1. The number of amides is 1. The molecule has 3 unspecified atom stereocenters. The van der Waals surface area contributed by atoms with E-state index in [0.717, 1.165) is 6.07 Å². The number of pyridine rings is 1. The Morgan fingerprint density at radius 3 is 2.49 bits per heavy atom. The third-order valence-electron chi connectivity index (χ3n) is 5.59. The van der Waals surface area contributed by atoms with Crippen LogP contribution in [-0.2, 0) is 6.18 Å². The number of nitriles is 1. The quantitative estimate of drug-likeness (QED) is 0.519. The molecule has 35 heavy (non-hydrogen) atoms. The van der Waals surface area contributed by atoms with Gasteiger partial charge in [-0.1, -0.05) is 0 Å². The normalized spacial score (nSPS) is 18.6. The molecule has 1 aromatic carbocycles. The van der Waals surface area contributed by atoms with Crippen molar-refractivity contribution in [3.05, 3.63) is 70.9 Å². The van der Waals surface area contributed by atoms with Crippen LogP contribution < -0.4 is 5.32 Å². The fourth-order valence-corrected chi connectivity index (χ4v) is 3.73. The number of hydrogen-bond donors (Lipinski definition) is 1. The van der Waals surface area contributed by atoms with Gasteiger partial charge in [0.1, 0.15) is 12.4 Å². The van der Waals surface area contributed by atoms with Gasteiger partial charge in [0.15, 0.2) is 11.6 Å². The van der Waals surface area contributed by atoms with Gasteiger partial charge in [0, 0.05) is 11.8 Å². The Hall–Kier alpha value is -3.95. The van der Waals surface area contributed by atoms with Crippen LogP contribution >= 0.6 is 0 Å². The minimum absolute atomic E-state index is 0.190. The summed E-state index contributed by atoms with van der Waals surface area (Å²) in [6.45, 7) is 1.51. The van der Waals surface area contributed by atoms with E-state index in [4.69, 9.17) is 5.26 Å². The number of halogens is 6. The van der Waals surface area contributed by atoms with Gasteiger partial charge in [-0.05, 0) is 55.2 Å². The second kappa shape index (κ2) is 8.68. The standard InChI is InChI=1S/C22H16F6N6O/c1-11(19-31-10-32-34(19)18-3-2-12(8-29)9-30-18)33-20(35)14-4-13(5-15(6-14)21(23,24)25)16-7-17(16)22(26,27)28/h2-6,9-11,16-17H,7H2,1H3,(H,33,35). The van der Waals surface area contributed by atoms with Crippen molar-refractivity contribution in [2.24, 2.45) is 5.92 Å². The minimum atomic E-state index is -4.85. The molecule has 2 heterocycles. The number of carbonyl (C=O) groups is 1. The summed E-state index contributed by atoms with van der Waals surface area (Å²) in [5, 5.41) is 15.4. The fraction of sp³-hybridized carbons (Fsp3) is 0.318. The number of carbonyl (C=O) groups excluding carboxylic acids is 1. The molecular weight excluding hydrogens is 478 g/mol. The van der Waals surface area contributed by atoms with E-state index >= 15 is 0 Å². The molecule has 182 valence electrons. The van der Waals surface area contributed by atoms with Gasteiger partial charge in [-0.3, -0.25) is 4.79 Å². The fourth-order valence-electron chi connectivity index (χ4n) is 3.73. The van der Waals surface area contributed by atoms with Gasteiger partial charge in [0.25, 0.3) is 5.91 Å². The molecule has 0 aliphatic heterocycles. The van der Waals surface area contributed by atoms with Crippen molar-refractivity contribution in [2.45, 2.75) is 37.7 Å². The zero-order chi connectivity index (χ0) is 25.5. The first-order valence-electron chi connectivity index (χ1n) is 10.2. The van der Waals surface area contributed by atoms with Crippen molar-refractivity contribution in [1.82, 2.24) is 25.1 Å². The molecule has 3 atom stereocenters. The molecule has 2 aromatic heterocycles.